The lowest BCUT2D eigenvalue weighted by atomic mass is 9.86. The summed E-state index contributed by atoms with van der Waals surface area (Å²) >= 11 is 0. The quantitative estimate of drug-likeness (QED) is 0.813. The molecular weight excluding hydrogens is 208 g/mol. The van der Waals surface area contributed by atoms with Crippen molar-refractivity contribution in [1.29, 1.82) is 0 Å². The molecule has 0 aromatic rings. The molecule has 2 aliphatic rings. The van der Waals surface area contributed by atoms with Crippen molar-refractivity contribution in [3.63, 3.8) is 0 Å². The molecule has 0 spiro atoms. The zero-order chi connectivity index (χ0) is 12.6. The Balaban J connectivity index is 2.05. The summed E-state index contributed by atoms with van der Waals surface area (Å²) in [6.07, 6.45) is 2.75. The molecule has 0 radical (unpaired) electrons. The van der Waals surface area contributed by atoms with E-state index in [1.54, 1.807) is 0 Å². The van der Waals surface area contributed by atoms with Crippen molar-refractivity contribution >= 4 is 0 Å². The molecule has 0 bridgehead atoms. The van der Waals surface area contributed by atoms with Crippen LogP contribution in [0.2, 0.25) is 0 Å². The van der Waals surface area contributed by atoms with Crippen LogP contribution in [0.25, 0.3) is 0 Å². The predicted octanol–water partition coefficient (Wildman–Crippen LogP) is 2.74. The first-order valence-corrected chi connectivity index (χ1v) is 7.43. The monoisotopic (exact) mass is 238 g/mol. The highest BCUT2D eigenvalue weighted by atomic mass is 15.2. The SMILES string of the molecule is CCNC1C(N2CC(C)C(C)C2)CCC1(C)C. The van der Waals surface area contributed by atoms with Crippen molar-refractivity contribution in [3.8, 4) is 0 Å². The van der Waals surface area contributed by atoms with Gasteiger partial charge in [-0.2, -0.15) is 0 Å². The van der Waals surface area contributed by atoms with Gasteiger partial charge < -0.3 is 5.32 Å². The Labute approximate surface area is 107 Å². The molecule has 1 heterocycles. The van der Waals surface area contributed by atoms with Gasteiger partial charge in [-0.15, -0.1) is 0 Å². The van der Waals surface area contributed by atoms with E-state index in [2.05, 4.69) is 44.8 Å². The van der Waals surface area contributed by atoms with Crippen LogP contribution in [0.3, 0.4) is 0 Å². The van der Waals surface area contributed by atoms with E-state index in [9.17, 15) is 0 Å². The van der Waals surface area contributed by atoms with E-state index in [0.717, 1.165) is 24.4 Å². The molecule has 4 atom stereocenters. The fourth-order valence-electron chi connectivity index (χ4n) is 3.83. The zero-order valence-corrected chi connectivity index (χ0v) is 12.3. The normalized spacial score (nSPS) is 42.2. The number of hydrogen-bond acceptors (Lipinski definition) is 2. The summed E-state index contributed by atoms with van der Waals surface area (Å²) in [7, 11) is 0. The predicted molar refractivity (Wildman–Crippen MR) is 74.2 cm³/mol. The molecule has 4 unspecified atom stereocenters. The number of nitrogens with zero attached hydrogens (tertiary/aromatic N) is 1. The average molecular weight is 238 g/mol. The van der Waals surface area contributed by atoms with Crippen LogP contribution >= 0.6 is 0 Å². The molecule has 2 fully saturated rings. The largest absolute Gasteiger partial charge is 0.312 e. The molecule has 1 aliphatic carbocycles. The standard InChI is InChI=1S/C15H30N2/c1-6-16-14-13(7-8-15(14,4)5)17-9-11(2)12(3)10-17/h11-14,16H,6-10H2,1-5H3. The van der Waals surface area contributed by atoms with Gasteiger partial charge in [-0.05, 0) is 36.6 Å². The van der Waals surface area contributed by atoms with Crippen molar-refractivity contribution < 1.29 is 0 Å². The summed E-state index contributed by atoms with van der Waals surface area (Å²) in [5, 5.41) is 3.75. The maximum absolute atomic E-state index is 3.75. The maximum Gasteiger partial charge on any atom is 0.0274 e. The number of hydrogen-bond donors (Lipinski definition) is 1. The number of nitrogens with one attached hydrogen (secondary N) is 1. The molecule has 2 rings (SSSR count). The lowest BCUT2D eigenvalue weighted by Gasteiger charge is -2.36. The van der Waals surface area contributed by atoms with Gasteiger partial charge in [0.25, 0.3) is 0 Å². The van der Waals surface area contributed by atoms with Gasteiger partial charge in [-0.1, -0.05) is 34.6 Å². The van der Waals surface area contributed by atoms with Gasteiger partial charge in [0.15, 0.2) is 0 Å². The van der Waals surface area contributed by atoms with E-state index in [-0.39, 0.29) is 0 Å². The second-order valence-electron chi connectivity index (χ2n) is 7.04. The van der Waals surface area contributed by atoms with Crippen molar-refractivity contribution in [2.24, 2.45) is 17.3 Å². The first-order chi connectivity index (χ1) is 7.95. The van der Waals surface area contributed by atoms with Crippen LogP contribution in [0, 0.1) is 17.3 Å². The van der Waals surface area contributed by atoms with Crippen LogP contribution in [-0.2, 0) is 0 Å². The number of likely N-dealkylation sites (tertiary alicyclic amines) is 1. The second kappa shape index (κ2) is 4.89. The van der Waals surface area contributed by atoms with Gasteiger partial charge in [0.1, 0.15) is 0 Å². The molecule has 1 aliphatic heterocycles. The average Bonchev–Trinajstić information content (AvgIpc) is 2.71. The van der Waals surface area contributed by atoms with E-state index in [1.165, 1.54) is 25.9 Å². The lowest BCUT2D eigenvalue weighted by Crippen LogP contribution is -2.51. The van der Waals surface area contributed by atoms with Crippen molar-refractivity contribution in [3.05, 3.63) is 0 Å². The molecule has 0 amide bonds. The van der Waals surface area contributed by atoms with Gasteiger partial charge in [0, 0.05) is 25.2 Å². The molecule has 1 N–H and O–H groups in total. The molecule has 100 valence electrons. The first-order valence-electron chi connectivity index (χ1n) is 7.43. The lowest BCUT2D eigenvalue weighted by molar-refractivity contribution is 0.166. The minimum atomic E-state index is 0.468. The maximum atomic E-state index is 3.75. The van der Waals surface area contributed by atoms with Crippen molar-refractivity contribution in [2.45, 2.75) is 59.5 Å². The highest BCUT2D eigenvalue weighted by molar-refractivity contribution is 5.02. The van der Waals surface area contributed by atoms with Gasteiger partial charge in [-0.25, -0.2) is 0 Å². The molecule has 0 aromatic carbocycles. The third kappa shape index (κ3) is 2.53. The number of likely N-dealkylation sites (N-methyl/N-ethyl adjacent to an activating group) is 1. The topological polar surface area (TPSA) is 15.3 Å². The van der Waals surface area contributed by atoms with Crippen LogP contribution in [0.15, 0.2) is 0 Å². The summed E-state index contributed by atoms with van der Waals surface area (Å²) < 4.78 is 0. The van der Waals surface area contributed by atoms with Crippen LogP contribution in [0.1, 0.15) is 47.5 Å². The molecule has 1 saturated carbocycles. The van der Waals surface area contributed by atoms with Crippen LogP contribution in [-0.4, -0.2) is 36.6 Å². The molecule has 2 nitrogen and oxygen atoms in total. The molecule has 1 saturated heterocycles. The van der Waals surface area contributed by atoms with Crippen molar-refractivity contribution in [1.82, 2.24) is 10.2 Å². The van der Waals surface area contributed by atoms with E-state index in [1.807, 2.05) is 0 Å². The Hall–Kier alpha value is -0.0800. The third-order valence-corrected chi connectivity index (χ3v) is 5.22. The Morgan fingerprint density at radius 3 is 2.29 bits per heavy atom. The fraction of sp³-hybridized carbons (Fsp3) is 1.00. The smallest absolute Gasteiger partial charge is 0.0274 e. The Kier molecular flexibility index (Phi) is 3.84. The Bertz CT molecular complexity index is 252. The van der Waals surface area contributed by atoms with Gasteiger partial charge in [0.2, 0.25) is 0 Å². The van der Waals surface area contributed by atoms with E-state index in [0.29, 0.717) is 11.5 Å². The summed E-state index contributed by atoms with van der Waals surface area (Å²) in [6, 6.07) is 1.46. The highest BCUT2D eigenvalue weighted by Crippen LogP contribution is 2.41. The minimum Gasteiger partial charge on any atom is -0.312 e. The molecule has 2 heteroatoms. The summed E-state index contributed by atoms with van der Waals surface area (Å²) in [4.78, 5) is 2.76. The number of rotatable bonds is 3. The van der Waals surface area contributed by atoms with Crippen LogP contribution < -0.4 is 5.32 Å². The summed E-state index contributed by atoms with van der Waals surface area (Å²) in [5.41, 5.74) is 0.468. The van der Waals surface area contributed by atoms with E-state index in [4.69, 9.17) is 0 Å². The minimum absolute atomic E-state index is 0.468. The third-order valence-electron chi connectivity index (χ3n) is 5.22. The fourth-order valence-corrected chi connectivity index (χ4v) is 3.83. The van der Waals surface area contributed by atoms with Gasteiger partial charge >= 0.3 is 0 Å². The summed E-state index contributed by atoms with van der Waals surface area (Å²) in [6.45, 7) is 15.6. The molecular formula is C15H30N2. The van der Waals surface area contributed by atoms with Crippen LogP contribution in [0.5, 0.6) is 0 Å². The Morgan fingerprint density at radius 1 is 1.18 bits per heavy atom. The van der Waals surface area contributed by atoms with Crippen LogP contribution in [0.4, 0.5) is 0 Å². The second-order valence-corrected chi connectivity index (χ2v) is 7.04. The highest BCUT2D eigenvalue weighted by Gasteiger charge is 2.45. The Morgan fingerprint density at radius 2 is 1.76 bits per heavy atom. The first kappa shape index (κ1) is 13.4. The van der Waals surface area contributed by atoms with Crippen molar-refractivity contribution in [2.75, 3.05) is 19.6 Å². The van der Waals surface area contributed by atoms with E-state index >= 15 is 0 Å². The van der Waals surface area contributed by atoms with Gasteiger partial charge in [-0.3, -0.25) is 4.90 Å². The van der Waals surface area contributed by atoms with Gasteiger partial charge in [0.05, 0.1) is 0 Å². The summed E-state index contributed by atoms with van der Waals surface area (Å²) in [5.74, 6) is 1.75. The zero-order valence-electron chi connectivity index (χ0n) is 12.3. The molecule has 17 heavy (non-hydrogen) atoms. The van der Waals surface area contributed by atoms with E-state index < -0.39 is 0 Å². The molecule has 0 aromatic heterocycles.